The Bertz CT molecular complexity index is 524. The van der Waals surface area contributed by atoms with Gasteiger partial charge in [-0.3, -0.25) is 9.78 Å². The Balaban J connectivity index is 1.81. The number of rotatable bonds is 5. The van der Waals surface area contributed by atoms with Gasteiger partial charge in [-0.2, -0.15) is 0 Å². The van der Waals surface area contributed by atoms with Crippen LogP contribution in [0.15, 0.2) is 48.8 Å². The Morgan fingerprint density at radius 1 is 1.05 bits per heavy atom. The van der Waals surface area contributed by atoms with Crippen molar-refractivity contribution in [1.82, 2.24) is 10.3 Å². The first kappa shape index (κ1) is 13.2. The van der Waals surface area contributed by atoms with Crippen LogP contribution < -0.4 is 5.32 Å². The normalized spacial score (nSPS) is 10.2. The molecular weight excluding hydrogens is 240 g/mol. The van der Waals surface area contributed by atoms with Crippen LogP contribution in [-0.4, -0.2) is 22.5 Å². The lowest BCUT2D eigenvalue weighted by Crippen LogP contribution is -2.25. The Morgan fingerprint density at radius 3 is 2.32 bits per heavy atom. The first-order valence-corrected chi connectivity index (χ1v) is 6.16. The molecule has 0 saturated heterocycles. The fourth-order valence-electron chi connectivity index (χ4n) is 1.74. The lowest BCUT2D eigenvalue weighted by Gasteiger charge is -2.05. The van der Waals surface area contributed by atoms with Crippen molar-refractivity contribution in [3.63, 3.8) is 0 Å². The zero-order valence-corrected chi connectivity index (χ0v) is 10.5. The summed E-state index contributed by atoms with van der Waals surface area (Å²) in [5.41, 5.74) is 2.64. The minimum atomic E-state index is -0.0885. The highest BCUT2D eigenvalue weighted by Gasteiger charge is 2.03. The van der Waals surface area contributed by atoms with Gasteiger partial charge in [0.1, 0.15) is 0 Å². The van der Waals surface area contributed by atoms with Crippen molar-refractivity contribution in [1.29, 1.82) is 0 Å². The zero-order chi connectivity index (χ0) is 13.5. The summed E-state index contributed by atoms with van der Waals surface area (Å²) in [5.74, 6) is -0.0885. The first-order valence-electron chi connectivity index (χ1n) is 6.16. The van der Waals surface area contributed by atoms with Crippen LogP contribution in [0.2, 0.25) is 0 Å². The molecule has 2 aromatic rings. The third-order valence-corrected chi connectivity index (χ3v) is 2.85. The summed E-state index contributed by atoms with van der Waals surface area (Å²) >= 11 is 0. The minimum Gasteiger partial charge on any atom is -0.392 e. The second-order valence-corrected chi connectivity index (χ2v) is 4.22. The van der Waals surface area contributed by atoms with Gasteiger partial charge in [0, 0.05) is 24.5 Å². The molecule has 0 spiro atoms. The molecule has 2 N–H and O–H groups in total. The largest absolute Gasteiger partial charge is 0.392 e. The van der Waals surface area contributed by atoms with Crippen molar-refractivity contribution in [2.45, 2.75) is 13.0 Å². The van der Waals surface area contributed by atoms with E-state index in [0.717, 1.165) is 17.5 Å². The Morgan fingerprint density at radius 2 is 1.68 bits per heavy atom. The van der Waals surface area contributed by atoms with Gasteiger partial charge in [-0.25, -0.2) is 0 Å². The molecule has 0 aliphatic carbocycles. The maximum Gasteiger partial charge on any atom is 0.251 e. The van der Waals surface area contributed by atoms with E-state index in [0.29, 0.717) is 12.1 Å². The highest BCUT2D eigenvalue weighted by Crippen LogP contribution is 2.04. The third-order valence-electron chi connectivity index (χ3n) is 2.85. The molecule has 1 heterocycles. The number of pyridine rings is 1. The highest BCUT2D eigenvalue weighted by atomic mass is 16.3. The van der Waals surface area contributed by atoms with Crippen LogP contribution in [0.25, 0.3) is 0 Å². The van der Waals surface area contributed by atoms with E-state index in [1.807, 2.05) is 24.3 Å². The fraction of sp³-hybridized carbons (Fsp3) is 0.200. The number of carbonyl (C=O) groups is 1. The SMILES string of the molecule is O=C(NCCc1ccc(CO)cc1)c1ccncc1. The minimum absolute atomic E-state index is 0.0546. The molecular formula is C15H16N2O2. The predicted molar refractivity (Wildman–Crippen MR) is 72.6 cm³/mol. The van der Waals surface area contributed by atoms with Gasteiger partial charge in [-0.1, -0.05) is 24.3 Å². The summed E-state index contributed by atoms with van der Waals surface area (Å²) < 4.78 is 0. The second-order valence-electron chi connectivity index (χ2n) is 4.22. The van der Waals surface area contributed by atoms with E-state index < -0.39 is 0 Å². The van der Waals surface area contributed by atoms with E-state index in [1.165, 1.54) is 0 Å². The molecule has 4 nitrogen and oxygen atoms in total. The fourth-order valence-corrected chi connectivity index (χ4v) is 1.74. The van der Waals surface area contributed by atoms with Gasteiger partial charge in [-0.05, 0) is 29.7 Å². The van der Waals surface area contributed by atoms with E-state index in [4.69, 9.17) is 5.11 Å². The molecule has 0 saturated carbocycles. The third kappa shape index (κ3) is 3.89. The quantitative estimate of drug-likeness (QED) is 0.853. The molecule has 0 aliphatic rings. The van der Waals surface area contributed by atoms with Crippen LogP contribution >= 0.6 is 0 Å². The number of hydrogen-bond acceptors (Lipinski definition) is 3. The van der Waals surface area contributed by atoms with Crippen molar-refractivity contribution >= 4 is 5.91 Å². The van der Waals surface area contributed by atoms with Gasteiger partial charge in [0.2, 0.25) is 0 Å². The number of hydrogen-bond donors (Lipinski definition) is 2. The summed E-state index contributed by atoms with van der Waals surface area (Å²) in [4.78, 5) is 15.6. The number of nitrogens with zero attached hydrogens (tertiary/aromatic N) is 1. The number of aliphatic hydroxyl groups excluding tert-OH is 1. The van der Waals surface area contributed by atoms with Crippen LogP contribution in [0.3, 0.4) is 0 Å². The summed E-state index contributed by atoms with van der Waals surface area (Å²) in [6.45, 7) is 0.638. The molecule has 2 rings (SSSR count). The number of nitrogens with one attached hydrogen (secondary N) is 1. The van der Waals surface area contributed by atoms with Crippen LogP contribution in [0.1, 0.15) is 21.5 Å². The van der Waals surface area contributed by atoms with Gasteiger partial charge < -0.3 is 10.4 Å². The maximum atomic E-state index is 11.8. The van der Waals surface area contributed by atoms with Gasteiger partial charge in [0.05, 0.1) is 6.61 Å². The van der Waals surface area contributed by atoms with E-state index in [-0.39, 0.29) is 12.5 Å². The van der Waals surface area contributed by atoms with Crippen molar-refractivity contribution in [3.05, 3.63) is 65.5 Å². The van der Waals surface area contributed by atoms with Crippen LogP contribution in [0.5, 0.6) is 0 Å². The average molecular weight is 256 g/mol. The molecule has 0 fully saturated rings. The molecule has 1 aromatic carbocycles. The lowest BCUT2D eigenvalue weighted by atomic mass is 10.1. The smallest absolute Gasteiger partial charge is 0.251 e. The van der Waals surface area contributed by atoms with Gasteiger partial charge >= 0.3 is 0 Å². The van der Waals surface area contributed by atoms with E-state index >= 15 is 0 Å². The molecule has 4 heteroatoms. The molecule has 19 heavy (non-hydrogen) atoms. The molecule has 0 bridgehead atoms. The zero-order valence-electron chi connectivity index (χ0n) is 10.5. The van der Waals surface area contributed by atoms with Gasteiger partial charge in [0.25, 0.3) is 5.91 Å². The predicted octanol–water partition coefficient (Wildman–Crippen LogP) is 1.55. The van der Waals surface area contributed by atoms with Crippen LogP contribution in [0.4, 0.5) is 0 Å². The summed E-state index contributed by atoms with van der Waals surface area (Å²) in [6, 6.07) is 11.1. The van der Waals surface area contributed by atoms with Crippen LogP contribution in [-0.2, 0) is 13.0 Å². The number of benzene rings is 1. The molecule has 1 aromatic heterocycles. The van der Waals surface area contributed by atoms with Crippen molar-refractivity contribution in [3.8, 4) is 0 Å². The summed E-state index contributed by atoms with van der Waals surface area (Å²) in [7, 11) is 0. The lowest BCUT2D eigenvalue weighted by molar-refractivity contribution is 0.0954. The Kier molecular flexibility index (Phi) is 4.64. The monoisotopic (exact) mass is 256 g/mol. The molecule has 0 aliphatic heterocycles. The van der Waals surface area contributed by atoms with Gasteiger partial charge in [0.15, 0.2) is 0 Å². The molecule has 1 amide bonds. The topological polar surface area (TPSA) is 62.2 Å². The first-order chi connectivity index (χ1) is 9.29. The second kappa shape index (κ2) is 6.66. The highest BCUT2D eigenvalue weighted by molar-refractivity contribution is 5.93. The molecule has 0 atom stereocenters. The van der Waals surface area contributed by atoms with Gasteiger partial charge in [-0.15, -0.1) is 0 Å². The van der Waals surface area contributed by atoms with Crippen molar-refractivity contribution < 1.29 is 9.90 Å². The average Bonchev–Trinajstić information content (AvgIpc) is 2.49. The molecule has 98 valence electrons. The van der Waals surface area contributed by atoms with Crippen molar-refractivity contribution in [2.75, 3.05) is 6.54 Å². The Hall–Kier alpha value is -2.20. The standard InChI is InChI=1S/C15H16N2O2/c18-11-13-3-1-12(2-4-13)5-10-17-15(19)14-6-8-16-9-7-14/h1-4,6-9,18H,5,10-11H2,(H,17,19). The van der Waals surface area contributed by atoms with Crippen molar-refractivity contribution in [2.24, 2.45) is 0 Å². The molecule has 0 unspecified atom stereocenters. The number of carbonyl (C=O) groups excluding carboxylic acids is 1. The number of aromatic nitrogens is 1. The van der Waals surface area contributed by atoms with E-state index in [9.17, 15) is 4.79 Å². The van der Waals surface area contributed by atoms with E-state index in [2.05, 4.69) is 10.3 Å². The number of aliphatic hydroxyl groups is 1. The maximum absolute atomic E-state index is 11.8. The Labute approximate surface area is 112 Å². The van der Waals surface area contributed by atoms with E-state index in [1.54, 1.807) is 24.5 Å². The molecule has 0 radical (unpaired) electrons. The summed E-state index contributed by atoms with van der Waals surface area (Å²) in [6.07, 6.45) is 3.97. The number of amides is 1. The summed E-state index contributed by atoms with van der Waals surface area (Å²) in [5, 5.41) is 11.8. The van der Waals surface area contributed by atoms with Crippen LogP contribution in [0, 0.1) is 0 Å².